The van der Waals surface area contributed by atoms with Crippen LogP contribution in [0.25, 0.3) is 0 Å². The number of rotatable bonds is 6. The van der Waals surface area contributed by atoms with E-state index in [1.165, 1.54) is 24.3 Å². The van der Waals surface area contributed by atoms with E-state index in [0.717, 1.165) is 18.5 Å². The second kappa shape index (κ2) is 9.33. The van der Waals surface area contributed by atoms with Crippen molar-refractivity contribution in [3.8, 4) is 0 Å². The van der Waals surface area contributed by atoms with Crippen molar-refractivity contribution < 1.29 is 9.53 Å². The van der Waals surface area contributed by atoms with Gasteiger partial charge in [-0.2, -0.15) is 11.8 Å². The first-order chi connectivity index (χ1) is 11.4. The number of benzene rings is 1. The molecule has 0 spiro atoms. The van der Waals surface area contributed by atoms with Gasteiger partial charge in [0.2, 0.25) is 0 Å². The monoisotopic (exact) mass is 350 g/mol. The van der Waals surface area contributed by atoms with E-state index < -0.39 is 5.60 Å². The second-order valence-electron chi connectivity index (χ2n) is 7.27. The lowest BCUT2D eigenvalue weighted by Crippen LogP contribution is -2.38. The van der Waals surface area contributed by atoms with Gasteiger partial charge in [-0.25, -0.2) is 4.79 Å². The third kappa shape index (κ3) is 7.14. The minimum atomic E-state index is -0.483. The minimum Gasteiger partial charge on any atom is -0.444 e. The number of ether oxygens (including phenoxy) is 1. The summed E-state index contributed by atoms with van der Waals surface area (Å²) in [6.45, 7) is 6.53. The van der Waals surface area contributed by atoms with Crippen LogP contribution in [0.1, 0.15) is 51.6 Å². The largest absolute Gasteiger partial charge is 0.444 e. The van der Waals surface area contributed by atoms with E-state index in [0.29, 0.717) is 6.04 Å². The summed E-state index contributed by atoms with van der Waals surface area (Å²) in [5, 5.41) is 6.65. The van der Waals surface area contributed by atoms with Crippen LogP contribution in [0.2, 0.25) is 0 Å². The molecule has 0 saturated carbocycles. The third-order valence-electron chi connectivity index (χ3n) is 3.92. The molecule has 1 aromatic rings. The molecule has 1 aliphatic heterocycles. The first kappa shape index (κ1) is 19.1. The summed E-state index contributed by atoms with van der Waals surface area (Å²) >= 11 is 2.02. The number of carbonyl (C=O) groups is 1. The average molecular weight is 351 g/mol. The predicted octanol–water partition coefficient (Wildman–Crippen LogP) is 4.13. The van der Waals surface area contributed by atoms with Crippen LogP contribution in [0, 0.1) is 0 Å². The van der Waals surface area contributed by atoms with Crippen molar-refractivity contribution in [1.29, 1.82) is 0 Å². The van der Waals surface area contributed by atoms with Crippen LogP contribution in [-0.4, -0.2) is 35.8 Å². The van der Waals surface area contributed by atoms with E-state index in [9.17, 15) is 4.79 Å². The summed E-state index contributed by atoms with van der Waals surface area (Å²) in [6, 6.07) is 10.7. The highest BCUT2D eigenvalue weighted by molar-refractivity contribution is 7.99. The maximum absolute atomic E-state index is 12.2. The maximum atomic E-state index is 12.2. The summed E-state index contributed by atoms with van der Waals surface area (Å²) in [4.78, 5) is 12.2. The zero-order valence-corrected chi connectivity index (χ0v) is 15.8. The Morgan fingerprint density at radius 3 is 2.71 bits per heavy atom. The lowest BCUT2D eigenvalue weighted by molar-refractivity contribution is 0.0501. The normalized spacial score (nSPS) is 19.5. The molecule has 2 unspecified atom stereocenters. The molecule has 2 rings (SSSR count). The average Bonchev–Trinajstić information content (AvgIpc) is 2.54. The molecule has 1 aromatic carbocycles. The summed E-state index contributed by atoms with van der Waals surface area (Å²) in [6.07, 6.45) is 3.04. The standard InChI is InChI=1S/C19H30N2O2S/c1-19(2,3)23-18(22)21-17(15-8-5-4-6-9-15)11-12-20-16-10-7-13-24-14-16/h4-6,8-9,16-17,20H,7,10-14H2,1-3H3,(H,21,22). The maximum Gasteiger partial charge on any atom is 0.408 e. The second-order valence-corrected chi connectivity index (χ2v) is 8.42. The molecule has 1 aliphatic rings. The Kier molecular flexibility index (Phi) is 7.43. The highest BCUT2D eigenvalue weighted by atomic mass is 32.2. The van der Waals surface area contributed by atoms with Crippen molar-refractivity contribution in [2.24, 2.45) is 0 Å². The van der Waals surface area contributed by atoms with Gasteiger partial charge < -0.3 is 15.4 Å². The van der Waals surface area contributed by atoms with Crippen LogP contribution < -0.4 is 10.6 Å². The molecule has 0 bridgehead atoms. The molecule has 24 heavy (non-hydrogen) atoms. The zero-order chi connectivity index (χ0) is 17.4. The van der Waals surface area contributed by atoms with Crippen molar-refractivity contribution in [1.82, 2.24) is 10.6 Å². The minimum absolute atomic E-state index is 0.0372. The SMILES string of the molecule is CC(C)(C)OC(=O)NC(CCNC1CCCSC1)c1ccccc1. The first-order valence-electron chi connectivity index (χ1n) is 8.79. The summed E-state index contributed by atoms with van der Waals surface area (Å²) in [7, 11) is 0. The molecule has 1 amide bonds. The molecule has 5 heteroatoms. The zero-order valence-electron chi connectivity index (χ0n) is 15.0. The van der Waals surface area contributed by atoms with Crippen molar-refractivity contribution in [3.63, 3.8) is 0 Å². The van der Waals surface area contributed by atoms with Crippen LogP contribution in [0.4, 0.5) is 4.79 Å². The predicted molar refractivity (Wildman–Crippen MR) is 102 cm³/mol. The van der Waals surface area contributed by atoms with Gasteiger partial charge in [-0.05, 0) is 57.9 Å². The van der Waals surface area contributed by atoms with Crippen molar-refractivity contribution >= 4 is 17.9 Å². The Morgan fingerprint density at radius 2 is 2.08 bits per heavy atom. The number of nitrogens with one attached hydrogen (secondary N) is 2. The van der Waals surface area contributed by atoms with Gasteiger partial charge >= 0.3 is 6.09 Å². The smallest absolute Gasteiger partial charge is 0.408 e. The molecule has 4 nitrogen and oxygen atoms in total. The van der Waals surface area contributed by atoms with Gasteiger partial charge in [0.25, 0.3) is 0 Å². The van der Waals surface area contributed by atoms with Crippen molar-refractivity contribution in [3.05, 3.63) is 35.9 Å². The van der Waals surface area contributed by atoms with E-state index in [1.807, 2.05) is 50.7 Å². The van der Waals surface area contributed by atoms with E-state index in [-0.39, 0.29) is 12.1 Å². The third-order valence-corrected chi connectivity index (χ3v) is 5.13. The summed E-state index contributed by atoms with van der Waals surface area (Å²) < 4.78 is 5.41. The number of thioether (sulfide) groups is 1. The fourth-order valence-corrected chi connectivity index (χ4v) is 3.90. The van der Waals surface area contributed by atoms with Gasteiger partial charge in [0.05, 0.1) is 6.04 Å². The van der Waals surface area contributed by atoms with Gasteiger partial charge in [0, 0.05) is 11.8 Å². The van der Waals surface area contributed by atoms with Gasteiger partial charge in [-0.1, -0.05) is 30.3 Å². The Hall–Kier alpha value is -1.20. The number of carbonyl (C=O) groups excluding carboxylic acids is 1. The molecule has 0 aliphatic carbocycles. The Morgan fingerprint density at radius 1 is 1.33 bits per heavy atom. The fraction of sp³-hybridized carbons (Fsp3) is 0.632. The van der Waals surface area contributed by atoms with Gasteiger partial charge in [-0.15, -0.1) is 0 Å². The Labute approximate surface area is 150 Å². The Bertz CT molecular complexity index is 496. The molecule has 1 fully saturated rings. The molecule has 0 aromatic heterocycles. The fourth-order valence-electron chi connectivity index (χ4n) is 2.79. The lowest BCUT2D eigenvalue weighted by Gasteiger charge is -2.26. The topological polar surface area (TPSA) is 50.4 Å². The molecular weight excluding hydrogens is 320 g/mol. The molecule has 134 valence electrons. The summed E-state index contributed by atoms with van der Waals surface area (Å²) in [5.74, 6) is 2.47. The van der Waals surface area contributed by atoms with Crippen LogP contribution in [0.5, 0.6) is 0 Å². The van der Waals surface area contributed by atoms with Crippen LogP contribution in [-0.2, 0) is 4.74 Å². The first-order valence-corrected chi connectivity index (χ1v) is 9.95. The number of hydrogen-bond acceptors (Lipinski definition) is 4. The summed E-state index contributed by atoms with van der Waals surface area (Å²) in [5.41, 5.74) is 0.631. The molecule has 1 saturated heterocycles. The van der Waals surface area contributed by atoms with Crippen LogP contribution in [0.15, 0.2) is 30.3 Å². The lowest BCUT2D eigenvalue weighted by atomic mass is 10.0. The quantitative estimate of drug-likeness (QED) is 0.810. The number of amides is 1. The number of alkyl carbamates (subject to hydrolysis) is 1. The van der Waals surface area contributed by atoms with Crippen molar-refractivity contribution in [2.75, 3.05) is 18.1 Å². The molecule has 2 atom stereocenters. The molecule has 0 radical (unpaired) electrons. The van der Waals surface area contributed by atoms with Gasteiger partial charge in [-0.3, -0.25) is 0 Å². The molecular formula is C19H30N2O2S. The van der Waals surface area contributed by atoms with Gasteiger partial charge in [0.1, 0.15) is 5.60 Å². The van der Waals surface area contributed by atoms with E-state index in [4.69, 9.17) is 4.74 Å². The van der Waals surface area contributed by atoms with E-state index in [2.05, 4.69) is 22.8 Å². The van der Waals surface area contributed by atoms with E-state index >= 15 is 0 Å². The van der Waals surface area contributed by atoms with Gasteiger partial charge in [0.15, 0.2) is 0 Å². The van der Waals surface area contributed by atoms with Crippen molar-refractivity contribution in [2.45, 2.75) is 57.7 Å². The highest BCUT2D eigenvalue weighted by Gasteiger charge is 2.21. The van der Waals surface area contributed by atoms with E-state index in [1.54, 1.807) is 0 Å². The van der Waals surface area contributed by atoms with Crippen LogP contribution >= 0.6 is 11.8 Å². The highest BCUT2D eigenvalue weighted by Crippen LogP contribution is 2.19. The number of hydrogen-bond donors (Lipinski definition) is 2. The molecule has 2 N–H and O–H groups in total. The molecule has 1 heterocycles. The van der Waals surface area contributed by atoms with Crippen LogP contribution in [0.3, 0.4) is 0 Å². The Balaban J connectivity index is 1.89.